The molecule has 1 saturated heterocycles. The van der Waals surface area contributed by atoms with E-state index in [1.807, 2.05) is 0 Å². The molecule has 2 rings (SSSR count). The van der Waals surface area contributed by atoms with Crippen LogP contribution in [0.5, 0.6) is 0 Å². The Morgan fingerprint density at radius 3 is 3.27 bits per heavy atom. The Balaban J connectivity index is 1.94. The molecule has 1 aliphatic heterocycles. The second-order valence-electron chi connectivity index (χ2n) is 3.36. The smallest absolute Gasteiger partial charge is 0.269 e. The zero-order chi connectivity index (χ0) is 10.7. The Labute approximate surface area is 87.0 Å². The lowest BCUT2D eigenvalue weighted by Gasteiger charge is -2.16. The summed E-state index contributed by atoms with van der Waals surface area (Å²) in [5.74, 6) is -0.190. The van der Waals surface area contributed by atoms with Gasteiger partial charge in [0.25, 0.3) is 5.91 Å². The summed E-state index contributed by atoms with van der Waals surface area (Å²) >= 11 is 0. The van der Waals surface area contributed by atoms with Crippen LogP contribution in [0.3, 0.4) is 0 Å². The van der Waals surface area contributed by atoms with Crippen molar-refractivity contribution >= 4 is 5.91 Å². The van der Waals surface area contributed by atoms with Crippen LogP contribution in [-0.2, 0) is 9.47 Å². The molecule has 15 heavy (non-hydrogen) atoms. The summed E-state index contributed by atoms with van der Waals surface area (Å²) < 4.78 is 10.4. The number of H-pyrrole nitrogens is 1. The molecule has 1 aromatic rings. The van der Waals surface area contributed by atoms with Crippen LogP contribution in [0, 0.1) is 0 Å². The predicted octanol–water partition coefficient (Wildman–Crippen LogP) is -0.447. The lowest BCUT2D eigenvalue weighted by atomic mass is 10.2. The first kappa shape index (κ1) is 10.1. The second-order valence-corrected chi connectivity index (χ2v) is 3.36. The largest absolute Gasteiger partial charge is 0.377 e. The molecule has 0 aromatic carbocycles. The minimum Gasteiger partial charge on any atom is -0.377 e. The third-order valence-corrected chi connectivity index (χ3v) is 2.39. The van der Waals surface area contributed by atoms with E-state index in [2.05, 4.69) is 15.3 Å². The number of carbonyl (C=O) groups excluding carboxylic acids is 1. The van der Waals surface area contributed by atoms with Crippen molar-refractivity contribution in [3.05, 3.63) is 18.2 Å². The average molecular weight is 211 g/mol. The molecule has 2 N–H and O–H groups in total. The van der Waals surface area contributed by atoms with Crippen LogP contribution >= 0.6 is 0 Å². The Hall–Kier alpha value is -1.40. The van der Waals surface area contributed by atoms with Crippen LogP contribution < -0.4 is 5.32 Å². The fourth-order valence-electron chi connectivity index (χ4n) is 1.53. The third-order valence-electron chi connectivity index (χ3n) is 2.39. The van der Waals surface area contributed by atoms with Crippen molar-refractivity contribution in [1.82, 2.24) is 15.3 Å². The monoisotopic (exact) mass is 211 g/mol. The molecule has 2 atom stereocenters. The first-order valence-corrected chi connectivity index (χ1v) is 4.71. The molecule has 6 nitrogen and oxygen atoms in total. The van der Waals surface area contributed by atoms with Gasteiger partial charge in [-0.3, -0.25) is 4.79 Å². The molecule has 0 unspecified atom stereocenters. The highest BCUT2D eigenvalue weighted by Gasteiger charge is 2.29. The van der Waals surface area contributed by atoms with E-state index in [1.54, 1.807) is 7.11 Å². The van der Waals surface area contributed by atoms with Crippen LogP contribution in [0.15, 0.2) is 12.5 Å². The number of imidazole rings is 1. The first-order valence-electron chi connectivity index (χ1n) is 4.71. The number of aromatic amines is 1. The molecule has 82 valence electrons. The highest BCUT2D eigenvalue weighted by molar-refractivity contribution is 5.92. The molecule has 0 spiro atoms. The summed E-state index contributed by atoms with van der Waals surface area (Å²) in [6, 6.07) is -0.0919. The van der Waals surface area contributed by atoms with Crippen LogP contribution in [0.25, 0.3) is 0 Å². The molecule has 0 radical (unpaired) electrons. The molecule has 1 aliphatic rings. The number of ether oxygens (including phenoxy) is 2. The van der Waals surface area contributed by atoms with Crippen molar-refractivity contribution in [2.24, 2.45) is 0 Å². The van der Waals surface area contributed by atoms with Gasteiger partial charge < -0.3 is 19.8 Å². The molecular formula is C9H13N3O3. The fourth-order valence-corrected chi connectivity index (χ4v) is 1.53. The number of hydrogen-bond acceptors (Lipinski definition) is 4. The molecule has 2 heterocycles. The van der Waals surface area contributed by atoms with Crippen molar-refractivity contribution in [2.75, 3.05) is 20.3 Å². The molecular weight excluding hydrogens is 198 g/mol. The van der Waals surface area contributed by atoms with Crippen molar-refractivity contribution in [3.8, 4) is 0 Å². The molecule has 0 aliphatic carbocycles. The summed E-state index contributed by atoms with van der Waals surface area (Å²) in [6.07, 6.45) is 2.87. The molecule has 0 saturated carbocycles. The lowest BCUT2D eigenvalue weighted by Crippen LogP contribution is -2.43. The van der Waals surface area contributed by atoms with Gasteiger partial charge in [0.15, 0.2) is 0 Å². The quantitative estimate of drug-likeness (QED) is 0.710. The van der Waals surface area contributed by atoms with Gasteiger partial charge in [0.2, 0.25) is 0 Å². The first-order chi connectivity index (χ1) is 7.31. The number of methoxy groups -OCH3 is 1. The average Bonchev–Trinajstić information content (AvgIpc) is 2.87. The van der Waals surface area contributed by atoms with Crippen LogP contribution in [0.2, 0.25) is 0 Å². The maximum absolute atomic E-state index is 11.6. The van der Waals surface area contributed by atoms with Crippen LogP contribution in [0.1, 0.15) is 10.5 Å². The normalized spacial score (nSPS) is 25.4. The van der Waals surface area contributed by atoms with Gasteiger partial charge in [0.1, 0.15) is 11.8 Å². The van der Waals surface area contributed by atoms with E-state index in [-0.39, 0.29) is 18.1 Å². The molecule has 1 amide bonds. The van der Waals surface area contributed by atoms with Gasteiger partial charge in [0, 0.05) is 7.11 Å². The number of amides is 1. The van der Waals surface area contributed by atoms with E-state index in [9.17, 15) is 4.79 Å². The Morgan fingerprint density at radius 2 is 2.60 bits per heavy atom. The van der Waals surface area contributed by atoms with E-state index in [4.69, 9.17) is 9.47 Å². The molecule has 1 aromatic heterocycles. The van der Waals surface area contributed by atoms with Crippen molar-refractivity contribution in [1.29, 1.82) is 0 Å². The Bertz CT molecular complexity index is 325. The predicted molar refractivity (Wildman–Crippen MR) is 51.5 cm³/mol. The number of nitrogens with one attached hydrogen (secondary N) is 2. The summed E-state index contributed by atoms with van der Waals surface area (Å²) in [6.45, 7) is 1.00. The van der Waals surface area contributed by atoms with E-state index < -0.39 is 0 Å². The summed E-state index contributed by atoms with van der Waals surface area (Å²) in [5, 5.41) is 2.82. The van der Waals surface area contributed by atoms with E-state index in [0.29, 0.717) is 18.9 Å². The highest BCUT2D eigenvalue weighted by atomic mass is 16.5. The zero-order valence-corrected chi connectivity index (χ0v) is 8.40. The number of carbonyl (C=O) groups is 1. The van der Waals surface area contributed by atoms with Gasteiger partial charge in [-0.1, -0.05) is 0 Å². The minimum absolute atomic E-state index is 0.0723. The van der Waals surface area contributed by atoms with Crippen molar-refractivity contribution in [2.45, 2.75) is 12.1 Å². The highest BCUT2D eigenvalue weighted by Crippen LogP contribution is 2.09. The van der Waals surface area contributed by atoms with Crippen molar-refractivity contribution < 1.29 is 14.3 Å². The Morgan fingerprint density at radius 1 is 1.73 bits per heavy atom. The third kappa shape index (κ3) is 2.16. The number of hydrogen-bond donors (Lipinski definition) is 2. The van der Waals surface area contributed by atoms with Gasteiger partial charge in [-0.25, -0.2) is 4.98 Å². The topological polar surface area (TPSA) is 76.2 Å². The number of rotatable bonds is 3. The molecule has 6 heteroatoms. The number of nitrogens with zero attached hydrogens (tertiary/aromatic N) is 1. The van der Waals surface area contributed by atoms with E-state index in [1.165, 1.54) is 12.5 Å². The van der Waals surface area contributed by atoms with E-state index in [0.717, 1.165) is 0 Å². The molecule has 0 bridgehead atoms. The van der Waals surface area contributed by atoms with Gasteiger partial charge in [-0.15, -0.1) is 0 Å². The van der Waals surface area contributed by atoms with Gasteiger partial charge >= 0.3 is 0 Å². The SMILES string of the molecule is CO[C@H]1COC[C@@H]1NC(=O)c1cnc[nH]1. The van der Waals surface area contributed by atoms with Gasteiger partial charge in [0.05, 0.1) is 31.8 Å². The second kappa shape index (κ2) is 4.41. The summed E-state index contributed by atoms with van der Waals surface area (Å²) in [5.41, 5.74) is 0.441. The molecule has 1 fully saturated rings. The number of aromatic nitrogens is 2. The van der Waals surface area contributed by atoms with Crippen LogP contribution in [0.4, 0.5) is 0 Å². The van der Waals surface area contributed by atoms with Crippen molar-refractivity contribution in [3.63, 3.8) is 0 Å². The maximum Gasteiger partial charge on any atom is 0.269 e. The van der Waals surface area contributed by atoms with E-state index >= 15 is 0 Å². The minimum atomic E-state index is -0.190. The summed E-state index contributed by atoms with van der Waals surface area (Å²) in [4.78, 5) is 18.1. The fraction of sp³-hybridized carbons (Fsp3) is 0.556. The lowest BCUT2D eigenvalue weighted by molar-refractivity contribution is 0.0684. The van der Waals surface area contributed by atoms with Gasteiger partial charge in [-0.2, -0.15) is 0 Å². The zero-order valence-electron chi connectivity index (χ0n) is 8.40. The summed E-state index contributed by atoms with van der Waals surface area (Å²) in [7, 11) is 1.61. The van der Waals surface area contributed by atoms with Gasteiger partial charge in [-0.05, 0) is 0 Å². The standard InChI is InChI=1S/C9H13N3O3/c1-14-8-4-15-3-7(8)12-9(13)6-2-10-5-11-6/h2,5,7-8H,3-4H2,1H3,(H,10,11)(H,12,13)/t7-,8-/m0/s1. The Kier molecular flexibility index (Phi) is 2.98. The van der Waals surface area contributed by atoms with Crippen LogP contribution in [-0.4, -0.2) is 48.3 Å². The maximum atomic E-state index is 11.6.